The maximum atomic E-state index is 11.7. The van der Waals surface area contributed by atoms with Crippen LogP contribution in [0.2, 0.25) is 0 Å². The fraction of sp³-hybridized carbons (Fsp3) is 0.889. The Morgan fingerprint density at radius 1 is 1.54 bits per heavy atom. The number of carbonyl (C=O) groups is 1. The molecule has 4 heteroatoms. The summed E-state index contributed by atoms with van der Waals surface area (Å²) in [5.41, 5.74) is 0. The van der Waals surface area contributed by atoms with Gasteiger partial charge in [-0.1, -0.05) is 0 Å². The van der Waals surface area contributed by atoms with Crippen LogP contribution in [0.4, 0.5) is 0 Å². The van der Waals surface area contributed by atoms with E-state index in [2.05, 4.69) is 0 Å². The monoisotopic (exact) mass is 185 g/mol. The molecule has 2 rings (SSSR count). The Hall–Kier alpha value is -0.610. The zero-order valence-corrected chi connectivity index (χ0v) is 8.03. The zero-order chi connectivity index (χ0) is 9.42. The first-order chi connectivity index (χ1) is 6.22. The Morgan fingerprint density at radius 3 is 2.77 bits per heavy atom. The first kappa shape index (κ1) is 8.97. The van der Waals surface area contributed by atoms with Gasteiger partial charge in [0.1, 0.15) is 0 Å². The highest BCUT2D eigenvalue weighted by atomic mass is 16.7. The van der Waals surface area contributed by atoms with Crippen molar-refractivity contribution in [3.05, 3.63) is 0 Å². The molecule has 0 N–H and O–H groups in total. The molecule has 2 heterocycles. The molecule has 2 fully saturated rings. The predicted octanol–water partition coefficient (Wildman–Crippen LogP) is 0.574. The maximum absolute atomic E-state index is 11.7. The molecule has 3 unspecified atom stereocenters. The average molecular weight is 185 g/mol. The highest BCUT2D eigenvalue weighted by molar-refractivity contribution is 5.78. The van der Waals surface area contributed by atoms with Crippen LogP contribution in [0, 0.1) is 5.92 Å². The summed E-state index contributed by atoms with van der Waals surface area (Å²) in [5.74, 6) is 0.0819. The molecule has 0 spiro atoms. The van der Waals surface area contributed by atoms with Gasteiger partial charge in [0, 0.05) is 7.05 Å². The Labute approximate surface area is 77.7 Å². The van der Waals surface area contributed by atoms with E-state index in [1.165, 1.54) is 12.2 Å². The van der Waals surface area contributed by atoms with Crippen molar-refractivity contribution >= 4 is 5.91 Å². The molecular weight excluding hydrogens is 170 g/mol. The molecule has 2 aliphatic heterocycles. The van der Waals surface area contributed by atoms with Crippen LogP contribution >= 0.6 is 0 Å². The summed E-state index contributed by atoms with van der Waals surface area (Å²) < 4.78 is 5.60. The van der Waals surface area contributed by atoms with Gasteiger partial charge in [-0.05, 0) is 19.3 Å². The lowest BCUT2D eigenvalue weighted by Crippen LogP contribution is -2.36. The first-order valence-electron chi connectivity index (χ1n) is 4.69. The fourth-order valence-corrected chi connectivity index (χ4v) is 2.22. The van der Waals surface area contributed by atoms with Gasteiger partial charge in [0.05, 0.1) is 25.2 Å². The molecule has 2 aliphatic rings. The number of rotatable bonds is 2. The van der Waals surface area contributed by atoms with Crippen molar-refractivity contribution in [3.63, 3.8) is 0 Å². The van der Waals surface area contributed by atoms with Gasteiger partial charge >= 0.3 is 0 Å². The fourth-order valence-electron chi connectivity index (χ4n) is 2.22. The second kappa shape index (κ2) is 3.27. The maximum Gasteiger partial charge on any atom is 0.251 e. The van der Waals surface area contributed by atoms with Gasteiger partial charge in [-0.2, -0.15) is 0 Å². The Bertz CT molecular complexity index is 219. The van der Waals surface area contributed by atoms with Crippen molar-refractivity contribution in [2.24, 2.45) is 5.92 Å². The van der Waals surface area contributed by atoms with Crippen LogP contribution in [0.15, 0.2) is 0 Å². The largest absolute Gasteiger partial charge is 0.374 e. The third-order valence-corrected chi connectivity index (χ3v) is 3.01. The molecule has 74 valence electrons. The summed E-state index contributed by atoms with van der Waals surface area (Å²) in [6.45, 7) is 0. The molecule has 0 saturated carbocycles. The number of amides is 1. The second-order valence-corrected chi connectivity index (χ2v) is 3.73. The van der Waals surface area contributed by atoms with Crippen molar-refractivity contribution in [1.82, 2.24) is 5.06 Å². The van der Waals surface area contributed by atoms with Gasteiger partial charge in [-0.25, -0.2) is 5.06 Å². The third kappa shape index (κ3) is 1.44. The van der Waals surface area contributed by atoms with E-state index in [4.69, 9.17) is 9.57 Å². The molecular formula is C9H15NO3. The minimum absolute atomic E-state index is 0.0312. The lowest BCUT2D eigenvalue weighted by Gasteiger charge is -2.22. The predicted molar refractivity (Wildman–Crippen MR) is 45.8 cm³/mol. The Balaban J connectivity index is 1.98. The molecule has 4 nitrogen and oxygen atoms in total. The highest BCUT2D eigenvalue weighted by Gasteiger charge is 2.45. The van der Waals surface area contributed by atoms with Crippen molar-refractivity contribution in [1.29, 1.82) is 0 Å². The second-order valence-electron chi connectivity index (χ2n) is 3.73. The van der Waals surface area contributed by atoms with Gasteiger partial charge in [-0.15, -0.1) is 0 Å². The molecule has 3 atom stereocenters. The summed E-state index contributed by atoms with van der Waals surface area (Å²) in [4.78, 5) is 16.5. The van der Waals surface area contributed by atoms with Crippen LogP contribution in [0.25, 0.3) is 0 Å². The quantitative estimate of drug-likeness (QED) is 0.590. The van der Waals surface area contributed by atoms with Crippen LogP contribution in [-0.4, -0.2) is 37.3 Å². The van der Waals surface area contributed by atoms with E-state index in [9.17, 15) is 4.79 Å². The number of carbonyl (C=O) groups excluding carboxylic acids is 1. The van der Waals surface area contributed by atoms with E-state index >= 15 is 0 Å². The van der Waals surface area contributed by atoms with Crippen LogP contribution in [-0.2, 0) is 14.4 Å². The lowest BCUT2D eigenvalue weighted by atomic mass is 9.88. The first-order valence-corrected chi connectivity index (χ1v) is 4.69. The van der Waals surface area contributed by atoms with Gasteiger partial charge in [0.15, 0.2) is 0 Å². The molecule has 2 bridgehead atoms. The Morgan fingerprint density at radius 2 is 2.31 bits per heavy atom. The number of nitrogens with zero attached hydrogens (tertiary/aromatic N) is 1. The van der Waals surface area contributed by atoms with Crippen LogP contribution in [0.3, 0.4) is 0 Å². The number of hydrogen-bond donors (Lipinski definition) is 0. The van der Waals surface area contributed by atoms with Crippen molar-refractivity contribution in [2.45, 2.75) is 31.5 Å². The molecule has 0 aliphatic carbocycles. The van der Waals surface area contributed by atoms with Crippen LogP contribution in [0.5, 0.6) is 0 Å². The smallest absolute Gasteiger partial charge is 0.251 e. The van der Waals surface area contributed by atoms with E-state index in [-0.39, 0.29) is 17.9 Å². The topological polar surface area (TPSA) is 38.8 Å². The Kier molecular flexibility index (Phi) is 2.26. The third-order valence-electron chi connectivity index (χ3n) is 3.01. The van der Waals surface area contributed by atoms with E-state index < -0.39 is 0 Å². The molecule has 1 amide bonds. The summed E-state index contributed by atoms with van der Waals surface area (Å²) >= 11 is 0. The van der Waals surface area contributed by atoms with E-state index in [1.54, 1.807) is 7.05 Å². The molecule has 0 aromatic rings. The minimum Gasteiger partial charge on any atom is -0.374 e. The summed E-state index contributed by atoms with van der Waals surface area (Å²) in [6.07, 6.45) is 3.49. The minimum atomic E-state index is 0.0312. The van der Waals surface area contributed by atoms with Gasteiger partial charge in [-0.3, -0.25) is 9.63 Å². The standard InChI is InChI=1S/C9H15NO3/c1-10(12-2)9(11)7-5-6-3-4-8(7)13-6/h6-8H,3-5H2,1-2H3. The molecule has 2 saturated heterocycles. The summed E-state index contributed by atoms with van der Waals surface area (Å²) in [5, 5.41) is 1.30. The summed E-state index contributed by atoms with van der Waals surface area (Å²) in [6, 6.07) is 0. The molecule has 0 radical (unpaired) electrons. The van der Waals surface area contributed by atoms with Gasteiger partial charge in [0.25, 0.3) is 5.91 Å². The number of ether oxygens (including phenoxy) is 1. The van der Waals surface area contributed by atoms with Gasteiger partial charge < -0.3 is 4.74 Å². The summed E-state index contributed by atoms with van der Waals surface area (Å²) in [7, 11) is 3.15. The van der Waals surface area contributed by atoms with Gasteiger partial charge in [0.2, 0.25) is 0 Å². The lowest BCUT2D eigenvalue weighted by molar-refractivity contribution is -0.175. The van der Waals surface area contributed by atoms with Crippen molar-refractivity contribution in [3.8, 4) is 0 Å². The molecule has 0 aromatic heterocycles. The zero-order valence-electron chi connectivity index (χ0n) is 8.03. The SMILES string of the molecule is CON(C)C(=O)C1CC2CCC1O2. The van der Waals surface area contributed by atoms with Crippen molar-refractivity contribution < 1.29 is 14.4 Å². The van der Waals surface area contributed by atoms with Crippen molar-refractivity contribution in [2.75, 3.05) is 14.2 Å². The van der Waals surface area contributed by atoms with E-state index in [1.807, 2.05) is 0 Å². The molecule has 0 aromatic carbocycles. The van der Waals surface area contributed by atoms with E-state index in [0.717, 1.165) is 19.3 Å². The number of hydroxylamine groups is 2. The van der Waals surface area contributed by atoms with Crippen LogP contribution < -0.4 is 0 Å². The highest BCUT2D eigenvalue weighted by Crippen LogP contribution is 2.39. The number of fused-ring (bicyclic) bond motifs is 2. The molecule has 13 heavy (non-hydrogen) atoms. The number of hydrogen-bond acceptors (Lipinski definition) is 3. The average Bonchev–Trinajstić information content (AvgIpc) is 2.76. The van der Waals surface area contributed by atoms with E-state index in [0.29, 0.717) is 6.10 Å². The normalized spacial score (nSPS) is 36.6. The van der Waals surface area contributed by atoms with Crippen LogP contribution in [0.1, 0.15) is 19.3 Å².